The van der Waals surface area contributed by atoms with Crippen LogP contribution in [0.3, 0.4) is 0 Å². The van der Waals surface area contributed by atoms with Gasteiger partial charge in [0.1, 0.15) is 5.75 Å². The Labute approximate surface area is 138 Å². The lowest BCUT2D eigenvalue weighted by Crippen LogP contribution is -2.34. The van der Waals surface area contributed by atoms with Gasteiger partial charge in [-0.05, 0) is 49.8 Å². The molecule has 4 heteroatoms. The number of ether oxygens (including phenoxy) is 2. The Morgan fingerprint density at radius 3 is 2.43 bits per heavy atom. The van der Waals surface area contributed by atoms with Gasteiger partial charge in [-0.1, -0.05) is 31.9 Å². The number of hydrogen-bond acceptors (Lipinski definition) is 4. The van der Waals surface area contributed by atoms with E-state index in [9.17, 15) is 9.90 Å². The molecule has 0 radical (unpaired) electrons. The Kier molecular flexibility index (Phi) is 6.46. The first-order valence-electron chi connectivity index (χ1n) is 8.62. The number of methoxy groups -OCH3 is 1. The van der Waals surface area contributed by atoms with E-state index in [0.717, 1.165) is 24.3 Å². The van der Waals surface area contributed by atoms with Gasteiger partial charge in [0.05, 0.1) is 25.2 Å². The number of aliphatic hydroxyl groups is 1. The summed E-state index contributed by atoms with van der Waals surface area (Å²) in [5.74, 6) is 0.598. The fraction of sp³-hybridized carbons (Fsp3) is 0.632. The molecule has 1 aliphatic rings. The molecule has 0 heterocycles. The molecule has 0 atom stereocenters. The zero-order valence-corrected chi connectivity index (χ0v) is 14.2. The summed E-state index contributed by atoms with van der Waals surface area (Å²) in [6.07, 6.45) is 5.93. The Hall–Kier alpha value is -1.55. The van der Waals surface area contributed by atoms with Crippen molar-refractivity contribution in [2.75, 3.05) is 13.7 Å². The van der Waals surface area contributed by atoms with E-state index in [1.165, 1.54) is 20.0 Å². The summed E-state index contributed by atoms with van der Waals surface area (Å²) in [5.41, 5.74) is 0.0624. The van der Waals surface area contributed by atoms with Crippen molar-refractivity contribution < 1.29 is 19.4 Å². The second-order valence-corrected chi connectivity index (χ2v) is 6.41. The first kappa shape index (κ1) is 17.8. The van der Waals surface area contributed by atoms with Gasteiger partial charge < -0.3 is 14.6 Å². The van der Waals surface area contributed by atoms with E-state index in [4.69, 9.17) is 9.47 Å². The first-order valence-corrected chi connectivity index (χ1v) is 8.62. The third-order valence-electron chi connectivity index (χ3n) is 4.76. The van der Waals surface area contributed by atoms with Gasteiger partial charge in [-0.25, -0.2) is 0 Å². The number of esters is 1. The maximum atomic E-state index is 11.6. The van der Waals surface area contributed by atoms with Gasteiger partial charge >= 0.3 is 5.97 Å². The fourth-order valence-corrected chi connectivity index (χ4v) is 3.19. The van der Waals surface area contributed by atoms with E-state index in [1.54, 1.807) is 0 Å². The minimum Gasteiger partial charge on any atom is -0.494 e. The highest BCUT2D eigenvalue weighted by atomic mass is 16.5. The molecule has 0 saturated heterocycles. The van der Waals surface area contributed by atoms with Gasteiger partial charge in [0, 0.05) is 0 Å². The fourth-order valence-electron chi connectivity index (χ4n) is 3.19. The average Bonchev–Trinajstić information content (AvgIpc) is 2.59. The third kappa shape index (κ3) is 4.71. The largest absolute Gasteiger partial charge is 0.494 e. The zero-order chi connectivity index (χ0) is 16.7. The summed E-state index contributed by atoms with van der Waals surface area (Å²) < 4.78 is 10.5. The van der Waals surface area contributed by atoms with Crippen LogP contribution in [0.15, 0.2) is 24.3 Å². The highest BCUT2D eigenvalue weighted by Crippen LogP contribution is 2.40. The number of unbranched alkanes of at least 4 members (excludes halogenated alkanes) is 2. The summed E-state index contributed by atoms with van der Waals surface area (Å²) >= 11 is 0. The van der Waals surface area contributed by atoms with Crippen LogP contribution in [0.1, 0.15) is 57.4 Å². The van der Waals surface area contributed by atoms with E-state index in [2.05, 4.69) is 6.92 Å². The van der Waals surface area contributed by atoms with Crippen LogP contribution in [0.4, 0.5) is 0 Å². The summed E-state index contributed by atoms with van der Waals surface area (Å²) in [4.78, 5) is 11.6. The van der Waals surface area contributed by atoms with E-state index < -0.39 is 5.60 Å². The Balaban J connectivity index is 1.90. The van der Waals surface area contributed by atoms with Crippen LogP contribution in [0.2, 0.25) is 0 Å². The SMILES string of the molecule is CCCCCOc1ccc(C2(O)CCC(C(=O)OC)CC2)cc1. The van der Waals surface area contributed by atoms with E-state index in [0.29, 0.717) is 25.7 Å². The maximum absolute atomic E-state index is 11.6. The molecule has 0 aliphatic heterocycles. The van der Waals surface area contributed by atoms with Crippen molar-refractivity contribution in [2.24, 2.45) is 5.92 Å². The molecule has 23 heavy (non-hydrogen) atoms. The molecule has 1 N–H and O–H groups in total. The lowest BCUT2D eigenvalue weighted by atomic mass is 9.75. The molecule has 1 fully saturated rings. The predicted molar refractivity (Wildman–Crippen MR) is 89.3 cm³/mol. The van der Waals surface area contributed by atoms with Gasteiger partial charge in [0.25, 0.3) is 0 Å². The molecule has 128 valence electrons. The molecule has 0 aromatic heterocycles. The minimum atomic E-state index is -0.842. The van der Waals surface area contributed by atoms with Crippen LogP contribution >= 0.6 is 0 Å². The highest BCUT2D eigenvalue weighted by molar-refractivity contribution is 5.72. The number of hydrogen-bond donors (Lipinski definition) is 1. The highest BCUT2D eigenvalue weighted by Gasteiger charge is 2.37. The third-order valence-corrected chi connectivity index (χ3v) is 4.76. The summed E-state index contributed by atoms with van der Waals surface area (Å²) in [6.45, 7) is 2.91. The normalized spacial score (nSPS) is 24.2. The Morgan fingerprint density at radius 2 is 1.87 bits per heavy atom. The van der Waals surface area contributed by atoms with Crippen molar-refractivity contribution in [3.63, 3.8) is 0 Å². The van der Waals surface area contributed by atoms with Gasteiger partial charge in [0.2, 0.25) is 0 Å². The predicted octanol–water partition coefficient (Wildman–Crippen LogP) is 3.81. The average molecular weight is 320 g/mol. The van der Waals surface area contributed by atoms with Crippen molar-refractivity contribution in [2.45, 2.75) is 57.5 Å². The standard InChI is InChI=1S/C19H28O4/c1-3-4-5-14-23-17-8-6-16(7-9-17)19(21)12-10-15(11-13-19)18(20)22-2/h6-9,15,21H,3-5,10-14H2,1-2H3. The quantitative estimate of drug-likeness (QED) is 0.613. The maximum Gasteiger partial charge on any atom is 0.308 e. The smallest absolute Gasteiger partial charge is 0.308 e. The van der Waals surface area contributed by atoms with Crippen LogP contribution in [0, 0.1) is 5.92 Å². The van der Waals surface area contributed by atoms with Crippen molar-refractivity contribution in [1.29, 1.82) is 0 Å². The second-order valence-electron chi connectivity index (χ2n) is 6.41. The van der Waals surface area contributed by atoms with Crippen molar-refractivity contribution >= 4 is 5.97 Å². The van der Waals surface area contributed by atoms with Crippen molar-refractivity contribution in [3.05, 3.63) is 29.8 Å². The molecular weight excluding hydrogens is 292 g/mol. The number of benzene rings is 1. The van der Waals surface area contributed by atoms with E-state index >= 15 is 0 Å². The molecule has 1 aromatic carbocycles. The molecule has 1 aliphatic carbocycles. The van der Waals surface area contributed by atoms with Crippen LogP contribution in [0.25, 0.3) is 0 Å². The topological polar surface area (TPSA) is 55.8 Å². The van der Waals surface area contributed by atoms with Crippen molar-refractivity contribution in [1.82, 2.24) is 0 Å². The zero-order valence-electron chi connectivity index (χ0n) is 14.2. The molecule has 0 bridgehead atoms. The molecule has 0 amide bonds. The van der Waals surface area contributed by atoms with Gasteiger partial charge in [-0.3, -0.25) is 4.79 Å². The Bertz CT molecular complexity index is 487. The monoisotopic (exact) mass is 320 g/mol. The van der Waals surface area contributed by atoms with Gasteiger partial charge in [-0.2, -0.15) is 0 Å². The second kappa shape index (κ2) is 8.34. The number of carbonyl (C=O) groups is 1. The summed E-state index contributed by atoms with van der Waals surface area (Å²) in [6, 6.07) is 7.72. The van der Waals surface area contributed by atoms with Crippen LogP contribution in [-0.2, 0) is 15.1 Å². The molecule has 4 nitrogen and oxygen atoms in total. The van der Waals surface area contributed by atoms with Crippen molar-refractivity contribution in [3.8, 4) is 5.75 Å². The number of carbonyl (C=O) groups excluding carboxylic acids is 1. The van der Waals surface area contributed by atoms with Crippen LogP contribution in [0.5, 0.6) is 5.75 Å². The molecule has 0 unspecified atom stereocenters. The molecule has 2 rings (SSSR count). The lowest BCUT2D eigenvalue weighted by Gasteiger charge is -2.35. The molecule has 0 spiro atoms. The summed E-state index contributed by atoms with van der Waals surface area (Å²) in [5, 5.41) is 10.9. The van der Waals surface area contributed by atoms with E-state index in [1.807, 2.05) is 24.3 Å². The molecule has 1 saturated carbocycles. The van der Waals surface area contributed by atoms with Crippen LogP contribution in [-0.4, -0.2) is 24.8 Å². The van der Waals surface area contributed by atoms with E-state index in [-0.39, 0.29) is 11.9 Å². The number of rotatable bonds is 7. The minimum absolute atomic E-state index is 0.0820. The molecular formula is C19H28O4. The molecule has 1 aromatic rings. The lowest BCUT2D eigenvalue weighted by molar-refractivity contribution is -0.148. The van der Waals surface area contributed by atoms with Gasteiger partial charge in [-0.15, -0.1) is 0 Å². The summed E-state index contributed by atoms with van der Waals surface area (Å²) in [7, 11) is 1.42. The van der Waals surface area contributed by atoms with Crippen LogP contribution < -0.4 is 4.74 Å². The van der Waals surface area contributed by atoms with Gasteiger partial charge in [0.15, 0.2) is 0 Å². The first-order chi connectivity index (χ1) is 11.1. The Morgan fingerprint density at radius 1 is 1.22 bits per heavy atom.